The number of fused-ring (bicyclic) bond motifs is 1. The number of rotatable bonds is 5. The van der Waals surface area contributed by atoms with E-state index in [0.29, 0.717) is 22.0 Å². The Hall–Kier alpha value is -2.35. The molecule has 1 fully saturated rings. The Morgan fingerprint density at radius 3 is 2.69 bits per heavy atom. The van der Waals surface area contributed by atoms with Crippen LogP contribution >= 0.6 is 11.8 Å². The number of hydrogen-bond acceptors (Lipinski definition) is 5. The van der Waals surface area contributed by atoms with Crippen LogP contribution in [0, 0.1) is 5.92 Å². The van der Waals surface area contributed by atoms with E-state index in [1.807, 2.05) is 26.0 Å². The van der Waals surface area contributed by atoms with Crippen LogP contribution in [0.5, 0.6) is 0 Å². The van der Waals surface area contributed by atoms with Gasteiger partial charge in [0.25, 0.3) is 5.56 Å². The van der Waals surface area contributed by atoms with Crippen molar-refractivity contribution in [3.8, 4) is 0 Å². The van der Waals surface area contributed by atoms with Crippen molar-refractivity contribution in [2.75, 3.05) is 5.75 Å². The van der Waals surface area contributed by atoms with Gasteiger partial charge in [0.15, 0.2) is 5.16 Å². The number of amides is 3. The molecule has 1 aliphatic rings. The van der Waals surface area contributed by atoms with Gasteiger partial charge in [-0.05, 0) is 44.7 Å². The van der Waals surface area contributed by atoms with Crippen molar-refractivity contribution in [1.29, 1.82) is 0 Å². The minimum absolute atomic E-state index is 0.00510. The summed E-state index contributed by atoms with van der Waals surface area (Å²) in [6, 6.07) is 6.72. The Labute approximate surface area is 174 Å². The van der Waals surface area contributed by atoms with Crippen LogP contribution in [0.3, 0.4) is 0 Å². The second kappa shape index (κ2) is 9.43. The highest BCUT2D eigenvalue weighted by Crippen LogP contribution is 2.24. The molecule has 3 rings (SSSR count). The van der Waals surface area contributed by atoms with Crippen LogP contribution in [-0.4, -0.2) is 33.3 Å². The van der Waals surface area contributed by atoms with Crippen molar-refractivity contribution in [2.45, 2.75) is 63.7 Å². The Kier molecular flexibility index (Phi) is 6.95. The summed E-state index contributed by atoms with van der Waals surface area (Å²) in [6.07, 6.45) is 4.32. The van der Waals surface area contributed by atoms with Gasteiger partial charge in [-0.25, -0.2) is 9.78 Å². The van der Waals surface area contributed by atoms with Crippen molar-refractivity contribution < 1.29 is 9.59 Å². The summed E-state index contributed by atoms with van der Waals surface area (Å²) in [5, 5.41) is 6.33. The Morgan fingerprint density at radius 1 is 1.24 bits per heavy atom. The molecule has 29 heavy (non-hydrogen) atoms. The first kappa shape index (κ1) is 21.4. The van der Waals surface area contributed by atoms with Gasteiger partial charge < -0.3 is 5.32 Å². The number of nitrogens with one attached hydrogen (secondary N) is 2. The predicted octanol–water partition coefficient (Wildman–Crippen LogP) is 3.47. The minimum Gasteiger partial charge on any atom is -0.335 e. The quantitative estimate of drug-likeness (QED) is 0.575. The lowest BCUT2D eigenvalue weighted by Gasteiger charge is -2.29. The molecule has 1 aromatic heterocycles. The fourth-order valence-corrected chi connectivity index (χ4v) is 4.64. The largest absolute Gasteiger partial charge is 0.335 e. The number of benzene rings is 1. The SMILES string of the molecule is CC(C)n1c(SCC(=O)NC(=O)N[C@H]2CCCC[C@@H]2C)nc2ccccc2c1=O. The molecule has 0 unspecified atom stereocenters. The standard InChI is InChI=1S/C21H28N4O3S/c1-13(2)25-19(27)15-9-5-7-11-17(15)23-21(25)29-12-18(26)24-20(28)22-16-10-6-4-8-14(16)3/h5,7,9,11,13-14,16H,4,6,8,10,12H2,1-3H3,(H2,22,24,26,28)/t14-,16-/m0/s1. The fraction of sp³-hybridized carbons (Fsp3) is 0.524. The van der Waals surface area contributed by atoms with Crippen molar-refractivity contribution in [1.82, 2.24) is 20.2 Å². The smallest absolute Gasteiger partial charge is 0.321 e. The number of imide groups is 1. The predicted molar refractivity (Wildman–Crippen MR) is 115 cm³/mol. The first-order valence-electron chi connectivity index (χ1n) is 10.1. The van der Waals surface area contributed by atoms with Crippen LogP contribution in [0.2, 0.25) is 0 Å². The first-order chi connectivity index (χ1) is 13.9. The van der Waals surface area contributed by atoms with Crippen molar-refractivity contribution in [2.24, 2.45) is 5.92 Å². The summed E-state index contributed by atoms with van der Waals surface area (Å²) in [5.74, 6) is 0.0143. The van der Waals surface area contributed by atoms with Gasteiger partial charge in [0.2, 0.25) is 5.91 Å². The van der Waals surface area contributed by atoms with Gasteiger partial charge in [-0.2, -0.15) is 0 Å². The third kappa shape index (κ3) is 5.18. The van der Waals surface area contributed by atoms with Crippen molar-refractivity contribution in [3.05, 3.63) is 34.6 Å². The average Bonchev–Trinajstić information content (AvgIpc) is 2.68. The minimum atomic E-state index is -0.456. The fourth-order valence-electron chi connectivity index (χ4n) is 3.71. The molecular weight excluding hydrogens is 388 g/mol. The number of aromatic nitrogens is 2. The molecule has 2 atom stereocenters. The molecule has 2 aromatic rings. The third-order valence-electron chi connectivity index (χ3n) is 5.31. The maximum Gasteiger partial charge on any atom is 0.321 e. The number of thioether (sulfide) groups is 1. The molecule has 2 N–H and O–H groups in total. The third-order valence-corrected chi connectivity index (χ3v) is 6.26. The lowest BCUT2D eigenvalue weighted by Crippen LogP contribution is -2.48. The van der Waals surface area contributed by atoms with Crippen LogP contribution in [-0.2, 0) is 4.79 Å². The molecule has 1 aliphatic carbocycles. The van der Waals surface area contributed by atoms with E-state index in [1.54, 1.807) is 16.7 Å². The lowest BCUT2D eigenvalue weighted by molar-refractivity contribution is -0.117. The van der Waals surface area contributed by atoms with Gasteiger partial charge in [-0.3, -0.25) is 19.5 Å². The molecule has 156 valence electrons. The van der Waals surface area contributed by atoms with E-state index in [4.69, 9.17) is 0 Å². The van der Waals surface area contributed by atoms with E-state index >= 15 is 0 Å². The number of urea groups is 1. The summed E-state index contributed by atoms with van der Waals surface area (Å²) in [5.41, 5.74) is 0.471. The highest BCUT2D eigenvalue weighted by atomic mass is 32.2. The van der Waals surface area contributed by atoms with E-state index in [2.05, 4.69) is 22.5 Å². The van der Waals surface area contributed by atoms with Gasteiger partial charge in [0, 0.05) is 12.1 Å². The molecular formula is C21H28N4O3S. The molecule has 0 radical (unpaired) electrons. The Balaban J connectivity index is 1.65. The van der Waals surface area contributed by atoms with Crippen LogP contribution in [0.15, 0.2) is 34.2 Å². The molecule has 1 aromatic carbocycles. The second-order valence-electron chi connectivity index (χ2n) is 7.86. The van der Waals surface area contributed by atoms with Gasteiger partial charge in [-0.1, -0.05) is 43.7 Å². The van der Waals surface area contributed by atoms with E-state index in [9.17, 15) is 14.4 Å². The lowest BCUT2D eigenvalue weighted by atomic mass is 9.86. The van der Waals surface area contributed by atoms with Gasteiger partial charge in [0.05, 0.1) is 16.7 Å². The van der Waals surface area contributed by atoms with Crippen LogP contribution < -0.4 is 16.2 Å². The number of para-hydroxylation sites is 1. The maximum atomic E-state index is 12.8. The summed E-state index contributed by atoms with van der Waals surface area (Å²) in [4.78, 5) is 41.8. The summed E-state index contributed by atoms with van der Waals surface area (Å²) >= 11 is 1.16. The topological polar surface area (TPSA) is 93.1 Å². The zero-order chi connectivity index (χ0) is 21.0. The van der Waals surface area contributed by atoms with E-state index in [1.165, 1.54) is 6.42 Å². The van der Waals surface area contributed by atoms with Gasteiger partial charge in [0.1, 0.15) is 0 Å². The van der Waals surface area contributed by atoms with E-state index in [-0.39, 0.29) is 23.4 Å². The molecule has 0 spiro atoms. The zero-order valence-electron chi connectivity index (χ0n) is 17.1. The summed E-state index contributed by atoms with van der Waals surface area (Å²) < 4.78 is 1.59. The monoisotopic (exact) mass is 416 g/mol. The van der Waals surface area contributed by atoms with Crippen LogP contribution in [0.4, 0.5) is 4.79 Å². The second-order valence-corrected chi connectivity index (χ2v) is 8.80. The summed E-state index contributed by atoms with van der Waals surface area (Å²) in [7, 11) is 0. The average molecular weight is 417 g/mol. The number of carbonyl (C=O) groups excluding carboxylic acids is 2. The van der Waals surface area contributed by atoms with Crippen molar-refractivity contribution in [3.63, 3.8) is 0 Å². The highest BCUT2D eigenvalue weighted by molar-refractivity contribution is 7.99. The molecule has 0 aliphatic heterocycles. The van der Waals surface area contributed by atoms with Crippen LogP contribution in [0.1, 0.15) is 52.5 Å². The van der Waals surface area contributed by atoms with Gasteiger partial charge >= 0.3 is 6.03 Å². The number of nitrogens with zero attached hydrogens (tertiary/aromatic N) is 2. The highest BCUT2D eigenvalue weighted by Gasteiger charge is 2.23. The Morgan fingerprint density at radius 2 is 1.97 bits per heavy atom. The normalized spacial score (nSPS) is 19.3. The van der Waals surface area contributed by atoms with Gasteiger partial charge in [-0.15, -0.1) is 0 Å². The number of carbonyl (C=O) groups is 2. The zero-order valence-corrected chi connectivity index (χ0v) is 17.9. The molecule has 8 heteroatoms. The maximum absolute atomic E-state index is 12.8. The van der Waals surface area contributed by atoms with Crippen molar-refractivity contribution >= 4 is 34.6 Å². The molecule has 1 saturated carbocycles. The Bertz CT molecular complexity index is 957. The molecule has 7 nitrogen and oxygen atoms in total. The number of hydrogen-bond donors (Lipinski definition) is 2. The van der Waals surface area contributed by atoms with Crippen LogP contribution in [0.25, 0.3) is 10.9 Å². The molecule has 3 amide bonds. The van der Waals surface area contributed by atoms with E-state index in [0.717, 1.165) is 31.0 Å². The van der Waals surface area contributed by atoms with E-state index < -0.39 is 11.9 Å². The molecule has 0 saturated heterocycles. The molecule has 0 bridgehead atoms. The first-order valence-corrected chi connectivity index (χ1v) is 11.1. The summed E-state index contributed by atoms with van der Waals surface area (Å²) in [6.45, 7) is 5.93. The molecule has 1 heterocycles.